The minimum absolute atomic E-state index is 0.214. The first kappa shape index (κ1) is 37.3. The second kappa shape index (κ2) is 17.0. The maximum Gasteiger partial charge on any atom is 0.408 e. The minimum atomic E-state index is -1.06. The van der Waals surface area contributed by atoms with Gasteiger partial charge >= 0.3 is 12.1 Å². The third-order valence-corrected chi connectivity index (χ3v) is 6.94. The second-order valence-electron chi connectivity index (χ2n) is 13.6. The predicted molar refractivity (Wildman–Crippen MR) is 177 cm³/mol. The molecule has 0 heterocycles. The Kier molecular flexibility index (Phi) is 14.1. The minimum Gasteiger partial charge on any atom is -0.458 e. The van der Waals surface area contributed by atoms with Crippen LogP contribution in [0.25, 0.3) is 0 Å². The van der Waals surface area contributed by atoms with Gasteiger partial charge in [-0.2, -0.15) is 0 Å². The van der Waals surface area contributed by atoms with Crippen LogP contribution in [0.3, 0.4) is 0 Å². The smallest absolute Gasteiger partial charge is 0.408 e. The number of ether oxygens (including phenoxy) is 2. The van der Waals surface area contributed by atoms with Crippen molar-refractivity contribution in [2.45, 2.75) is 118 Å². The van der Waals surface area contributed by atoms with Gasteiger partial charge in [0.05, 0.1) is 0 Å². The molecule has 2 aromatic carbocycles. The van der Waals surface area contributed by atoms with Crippen LogP contribution in [-0.2, 0) is 30.3 Å². The standard InChI is InChI=1S/C36H53N3O6/c1-10-11-12-16-21-39(30(40)24-37-34(43)45-36(7,8)9)31(28-22-25(2)19-20-26(28)3)32(41)38-29(33(42)44-35(4,5)6)23-27-17-14-13-15-18-27/h13-15,17-20,22,29,31H,10-12,16,21,23-24H2,1-9H3,(H,37,43)(H,38,41). The van der Waals surface area contributed by atoms with Crippen molar-refractivity contribution in [1.29, 1.82) is 0 Å². The van der Waals surface area contributed by atoms with Crippen molar-refractivity contribution in [3.8, 4) is 0 Å². The molecule has 0 bridgehead atoms. The van der Waals surface area contributed by atoms with E-state index in [1.807, 2.05) is 62.4 Å². The topological polar surface area (TPSA) is 114 Å². The van der Waals surface area contributed by atoms with Crippen LogP contribution in [-0.4, -0.2) is 59.1 Å². The highest BCUT2D eigenvalue weighted by Gasteiger charge is 2.36. The van der Waals surface area contributed by atoms with Gasteiger partial charge in [-0.3, -0.25) is 9.59 Å². The number of hydrogen-bond donors (Lipinski definition) is 2. The summed E-state index contributed by atoms with van der Waals surface area (Å²) >= 11 is 0. The van der Waals surface area contributed by atoms with Crippen molar-refractivity contribution in [2.75, 3.05) is 13.1 Å². The number of amides is 3. The van der Waals surface area contributed by atoms with E-state index < -0.39 is 47.2 Å². The molecule has 0 saturated heterocycles. The lowest BCUT2D eigenvalue weighted by Gasteiger charge is -2.34. The Morgan fingerprint density at radius 2 is 1.49 bits per heavy atom. The number of aryl methyl sites for hydroxylation is 2. The van der Waals surface area contributed by atoms with Crippen LogP contribution in [0.1, 0.15) is 102 Å². The van der Waals surface area contributed by atoms with E-state index in [4.69, 9.17) is 9.47 Å². The van der Waals surface area contributed by atoms with Crippen molar-refractivity contribution in [3.05, 3.63) is 70.8 Å². The fourth-order valence-electron chi connectivity index (χ4n) is 4.84. The molecule has 2 rings (SSSR count). The number of benzene rings is 2. The summed E-state index contributed by atoms with van der Waals surface area (Å²) < 4.78 is 11.0. The third kappa shape index (κ3) is 13.3. The van der Waals surface area contributed by atoms with Crippen LogP contribution in [0, 0.1) is 13.8 Å². The molecule has 0 saturated carbocycles. The maximum atomic E-state index is 14.4. The van der Waals surface area contributed by atoms with Crippen molar-refractivity contribution in [3.63, 3.8) is 0 Å². The Morgan fingerprint density at radius 3 is 2.09 bits per heavy atom. The van der Waals surface area contributed by atoms with E-state index in [1.165, 1.54) is 4.90 Å². The number of esters is 1. The molecule has 248 valence electrons. The molecular weight excluding hydrogens is 570 g/mol. The lowest BCUT2D eigenvalue weighted by atomic mass is 9.95. The summed E-state index contributed by atoms with van der Waals surface area (Å²) in [4.78, 5) is 55.7. The molecule has 2 N–H and O–H groups in total. The first-order valence-electron chi connectivity index (χ1n) is 15.9. The van der Waals surface area contributed by atoms with Crippen LogP contribution in [0.5, 0.6) is 0 Å². The van der Waals surface area contributed by atoms with Gasteiger partial charge < -0.3 is 25.0 Å². The first-order chi connectivity index (χ1) is 21.0. The number of nitrogens with zero attached hydrogens (tertiary/aromatic N) is 1. The lowest BCUT2D eigenvalue weighted by Crippen LogP contribution is -2.52. The molecule has 0 spiro atoms. The highest BCUT2D eigenvalue weighted by molar-refractivity contribution is 5.93. The zero-order valence-corrected chi connectivity index (χ0v) is 28.6. The molecule has 0 aliphatic carbocycles. The van der Waals surface area contributed by atoms with E-state index in [0.29, 0.717) is 12.0 Å². The first-order valence-corrected chi connectivity index (χ1v) is 15.9. The van der Waals surface area contributed by atoms with E-state index in [0.717, 1.165) is 36.0 Å². The number of carbonyl (C=O) groups excluding carboxylic acids is 4. The largest absolute Gasteiger partial charge is 0.458 e. The van der Waals surface area contributed by atoms with E-state index in [-0.39, 0.29) is 19.5 Å². The lowest BCUT2D eigenvalue weighted by molar-refractivity contribution is -0.159. The van der Waals surface area contributed by atoms with E-state index >= 15 is 0 Å². The van der Waals surface area contributed by atoms with Crippen molar-refractivity contribution in [2.24, 2.45) is 0 Å². The summed E-state index contributed by atoms with van der Waals surface area (Å²) in [6.45, 7) is 16.4. The average molecular weight is 624 g/mol. The SMILES string of the molecule is CCCCCCN(C(=O)CNC(=O)OC(C)(C)C)C(C(=O)NC(Cc1ccccc1)C(=O)OC(C)(C)C)c1cc(C)ccc1C. The van der Waals surface area contributed by atoms with Crippen molar-refractivity contribution in [1.82, 2.24) is 15.5 Å². The number of carbonyl (C=O) groups is 4. The van der Waals surface area contributed by atoms with Gasteiger partial charge in [0.15, 0.2) is 0 Å². The molecule has 0 fully saturated rings. The van der Waals surface area contributed by atoms with Gasteiger partial charge in [0, 0.05) is 13.0 Å². The second-order valence-corrected chi connectivity index (χ2v) is 13.6. The summed E-state index contributed by atoms with van der Waals surface area (Å²) in [6, 6.07) is 13.1. The average Bonchev–Trinajstić information content (AvgIpc) is 2.93. The normalized spacial score (nSPS) is 12.9. The van der Waals surface area contributed by atoms with Gasteiger partial charge in [0.2, 0.25) is 11.8 Å². The molecule has 3 amide bonds. The highest BCUT2D eigenvalue weighted by Crippen LogP contribution is 2.27. The fourth-order valence-corrected chi connectivity index (χ4v) is 4.84. The van der Waals surface area contributed by atoms with Crippen molar-refractivity contribution < 1.29 is 28.7 Å². The quantitative estimate of drug-likeness (QED) is 0.187. The third-order valence-electron chi connectivity index (χ3n) is 6.94. The number of nitrogens with one attached hydrogen (secondary N) is 2. The summed E-state index contributed by atoms with van der Waals surface area (Å²) in [5.41, 5.74) is 1.75. The fraction of sp³-hybridized carbons (Fsp3) is 0.556. The van der Waals surface area contributed by atoms with Gasteiger partial charge in [-0.15, -0.1) is 0 Å². The Hall–Kier alpha value is -3.88. The van der Waals surface area contributed by atoms with Gasteiger partial charge in [0.1, 0.15) is 29.8 Å². The Bertz CT molecular complexity index is 1280. The van der Waals surface area contributed by atoms with Gasteiger partial charge in [0.25, 0.3) is 0 Å². The highest BCUT2D eigenvalue weighted by atomic mass is 16.6. The molecule has 0 aliphatic rings. The Labute approximate surface area is 269 Å². The number of unbranched alkanes of at least 4 members (excludes halogenated alkanes) is 3. The van der Waals surface area contributed by atoms with Crippen molar-refractivity contribution >= 4 is 23.9 Å². The van der Waals surface area contributed by atoms with Crippen LogP contribution < -0.4 is 10.6 Å². The summed E-state index contributed by atoms with van der Waals surface area (Å²) in [7, 11) is 0. The van der Waals surface area contributed by atoms with Gasteiger partial charge in [-0.25, -0.2) is 9.59 Å². The number of alkyl carbamates (subject to hydrolysis) is 1. The zero-order valence-electron chi connectivity index (χ0n) is 28.6. The molecule has 45 heavy (non-hydrogen) atoms. The molecule has 2 atom stereocenters. The molecule has 0 aliphatic heterocycles. The molecule has 2 aromatic rings. The van der Waals surface area contributed by atoms with Crippen LogP contribution in [0.15, 0.2) is 48.5 Å². The Balaban J connectivity index is 2.53. The molecule has 0 aromatic heterocycles. The maximum absolute atomic E-state index is 14.4. The molecule has 0 radical (unpaired) electrons. The van der Waals surface area contributed by atoms with Crippen LogP contribution >= 0.6 is 0 Å². The van der Waals surface area contributed by atoms with Gasteiger partial charge in [-0.1, -0.05) is 80.3 Å². The number of hydrogen-bond acceptors (Lipinski definition) is 6. The van der Waals surface area contributed by atoms with Crippen LogP contribution in [0.4, 0.5) is 4.79 Å². The summed E-state index contributed by atoms with van der Waals surface area (Å²) in [5.74, 6) is -1.50. The predicted octanol–water partition coefficient (Wildman–Crippen LogP) is 6.35. The van der Waals surface area contributed by atoms with Crippen LogP contribution in [0.2, 0.25) is 0 Å². The molecule has 2 unspecified atom stereocenters. The van der Waals surface area contributed by atoms with Gasteiger partial charge in [-0.05, 0) is 78.5 Å². The van der Waals surface area contributed by atoms with E-state index in [1.54, 1.807) is 41.5 Å². The monoisotopic (exact) mass is 623 g/mol. The summed E-state index contributed by atoms with van der Waals surface area (Å²) in [5, 5.41) is 5.50. The molecular formula is C36H53N3O6. The Morgan fingerprint density at radius 1 is 0.844 bits per heavy atom. The van der Waals surface area contributed by atoms with E-state index in [9.17, 15) is 19.2 Å². The van der Waals surface area contributed by atoms with E-state index in [2.05, 4.69) is 17.6 Å². The molecule has 9 nitrogen and oxygen atoms in total. The number of rotatable bonds is 14. The zero-order chi connectivity index (χ0) is 33.8. The molecule has 9 heteroatoms. The summed E-state index contributed by atoms with van der Waals surface area (Å²) in [6.07, 6.45) is 3.02.